The molecule has 1 atom stereocenters. The molecule has 1 fully saturated rings. The number of piperidine rings is 1. The van der Waals surface area contributed by atoms with E-state index in [1.165, 1.54) is 12.1 Å². The van der Waals surface area contributed by atoms with Crippen LogP contribution >= 0.6 is 0 Å². The van der Waals surface area contributed by atoms with Crippen LogP contribution in [0.25, 0.3) is 0 Å². The van der Waals surface area contributed by atoms with Gasteiger partial charge in [0.25, 0.3) is 0 Å². The zero-order valence-corrected chi connectivity index (χ0v) is 18.9. The lowest BCUT2D eigenvalue weighted by Gasteiger charge is -2.33. The topological polar surface area (TPSA) is 64.6 Å². The summed E-state index contributed by atoms with van der Waals surface area (Å²) in [5, 5.41) is 3.15. The molecule has 7 nitrogen and oxygen atoms in total. The van der Waals surface area contributed by atoms with Crippen molar-refractivity contribution in [3.63, 3.8) is 0 Å². The maximum atomic E-state index is 13.1. The fourth-order valence-electron chi connectivity index (χ4n) is 3.89. The molecule has 3 rings (SSSR count). The highest BCUT2D eigenvalue weighted by atomic mass is 19.1. The number of carbonyl (C=O) groups excluding carboxylic acids is 1. The summed E-state index contributed by atoms with van der Waals surface area (Å²) in [7, 11) is 7.77. The van der Waals surface area contributed by atoms with Gasteiger partial charge in [0.1, 0.15) is 17.5 Å². The third-order valence-electron chi connectivity index (χ3n) is 5.51. The molecule has 31 heavy (non-hydrogen) atoms. The summed E-state index contributed by atoms with van der Waals surface area (Å²) in [6.45, 7) is 3.01. The van der Waals surface area contributed by atoms with Gasteiger partial charge >= 0.3 is 0 Å². The summed E-state index contributed by atoms with van der Waals surface area (Å²) in [6, 6.07) is 8.40. The third-order valence-corrected chi connectivity index (χ3v) is 5.51. The van der Waals surface area contributed by atoms with Gasteiger partial charge < -0.3 is 15.1 Å². The molecule has 1 aliphatic heterocycles. The van der Waals surface area contributed by atoms with Crippen LogP contribution in [0.2, 0.25) is 0 Å². The number of nitrogens with zero attached hydrogens (tertiary/aromatic N) is 5. The van der Waals surface area contributed by atoms with E-state index in [-0.39, 0.29) is 17.6 Å². The highest BCUT2D eigenvalue weighted by Gasteiger charge is 2.27. The number of likely N-dealkylation sites (tertiary alicyclic amines) is 1. The maximum absolute atomic E-state index is 13.1. The van der Waals surface area contributed by atoms with Crippen LogP contribution in [0.4, 0.5) is 10.2 Å². The van der Waals surface area contributed by atoms with E-state index in [4.69, 9.17) is 9.97 Å². The molecule has 168 valence electrons. The number of benzene rings is 1. The Kier molecular flexibility index (Phi) is 7.92. The average Bonchev–Trinajstić information content (AvgIpc) is 2.75. The number of likely N-dealkylation sites (N-methyl/N-ethyl adjacent to an activating group) is 1. The Labute approximate surface area is 184 Å². The van der Waals surface area contributed by atoms with Crippen molar-refractivity contribution in [2.24, 2.45) is 0 Å². The Balaban J connectivity index is 1.64. The molecule has 1 aromatic carbocycles. The number of aromatic nitrogens is 2. The molecule has 0 spiro atoms. The first-order valence-corrected chi connectivity index (χ1v) is 10.8. The van der Waals surface area contributed by atoms with Gasteiger partial charge in [-0.1, -0.05) is 12.1 Å². The molecule has 8 heteroatoms. The average molecular weight is 429 g/mol. The SMILES string of the molecule is CNCc1cc(N(C)C)nc(C2CCCN(C(=O)CN(C)Cc3ccc(F)cc3)C2)n1. The summed E-state index contributed by atoms with van der Waals surface area (Å²) in [5.41, 5.74) is 1.94. The lowest BCUT2D eigenvalue weighted by atomic mass is 9.97. The minimum atomic E-state index is -0.250. The van der Waals surface area contributed by atoms with Crippen molar-refractivity contribution in [2.45, 2.75) is 31.8 Å². The van der Waals surface area contributed by atoms with E-state index < -0.39 is 0 Å². The van der Waals surface area contributed by atoms with Crippen molar-refractivity contribution < 1.29 is 9.18 Å². The monoisotopic (exact) mass is 428 g/mol. The van der Waals surface area contributed by atoms with E-state index in [1.54, 1.807) is 12.1 Å². The molecule has 1 amide bonds. The standard InChI is InChI=1S/C23H33FN6O/c1-25-13-20-12-21(28(2)3)27-23(26-20)18-6-5-11-30(15-18)22(31)16-29(4)14-17-7-9-19(24)10-8-17/h7-10,12,18,25H,5-6,11,13-16H2,1-4H3. The smallest absolute Gasteiger partial charge is 0.236 e. The Morgan fingerprint density at radius 3 is 2.65 bits per heavy atom. The Morgan fingerprint density at radius 1 is 1.23 bits per heavy atom. The zero-order valence-electron chi connectivity index (χ0n) is 18.9. The number of nitrogens with one attached hydrogen (secondary N) is 1. The normalized spacial score (nSPS) is 16.6. The van der Waals surface area contributed by atoms with Gasteiger partial charge in [0.15, 0.2) is 0 Å². The van der Waals surface area contributed by atoms with Crippen LogP contribution < -0.4 is 10.2 Å². The van der Waals surface area contributed by atoms with Crippen molar-refractivity contribution in [3.05, 3.63) is 53.2 Å². The molecule has 1 aliphatic rings. The quantitative estimate of drug-likeness (QED) is 0.696. The van der Waals surface area contributed by atoms with Gasteiger partial charge in [0.05, 0.1) is 12.2 Å². The van der Waals surface area contributed by atoms with E-state index in [2.05, 4.69) is 5.32 Å². The number of amides is 1. The predicted molar refractivity (Wildman–Crippen MR) is 120 cm³/mol. The summed E-state index contributed by atoms with van der Waals surface area (Å²) in [6.07, 6.45) is 1.92. The fraction of sp³-hybridized carbons (Fsp3) is 0.522. The van der Waals surface area contributed by atoms with Crippen LogP contribution in [0, 0.1) is 5.82 Å². The van der Waals surface area contributed by atoms with Gasteiger partial charge in [-0.2, -0.15) is 0 Å². The Bertz CT molecular complexity index is 873. The van der Waals surface area contributed by atoms with Gasteiger partial charge in [-0.3, -0.25) is 9.69 Å². The maximum Gasteiger partial charge on any atom is 0.236 e. The van der Waals surface area contributed by atoms with Crippen LogP contribution in [0.1, 0.15) is 35.8 Å². The summed E-state index contributed by atoms with van der Waals surface area (Å²) < 4.78 is 13.1. The molecule has 0 radical (unpaired) electrons. The largest absolute Gasteiger partial charge is 0.363 e. The van der Waals surface area contributed by atoms with Gasteiger partial charge in [-0.05, 0) is 44.6 Å². The van der Waals surface area contributed by atoms with Crippen LogP contribution in [0.3, 0.4) is 0 Å². The first-order valence-electron chi connectivity index (χ1n) is 10.8. The van der Waals surface area contributed by atoms with Gasteiger partial charge in [-0.25, -0.2) is 14.4 Å². The highest BCUT2D eigenvalue weighted by Crippen LogP contribution is 2.26. The molecule has 2 heterocycles. The minimum absolute atomic E-state index is 0.105. The first kappa shape index (κ1) is 23.1. The lowest BCUT2D eigenvalue weighted by molar-refractivity contribution is -0.133. The van der Waals surface area contributed by atoms with Crippen molar-refractivity contribution in [1.82, 2.24) is 25.1 Å². The van der Waals surface area contributed by atoms with E-state index in [1.807, 2.05) is 49.0 Å². The van der Waals surface area contributed by atoms with E-state index >= 15 is 0 Å². The number of hydrogen-bond acceptors (Lipinski definition) is 6. The van der Waals surface area contributed by atoms with Crippen molar-refractivity contribution >= 4 is 11.7 Å². The fourth-order valence-corrected chi connectivity index (χ4v) is 3.89. The van der Waals surface area contributed by atoms with E-state index in [0.717, 1.165) is 42.3 Å². The molecular weight excluding hydrogens is 395 g/mol. The number of hydrogen-bond donors (Lipinski definition) is 1. The molecular formula is C23H33FN6O. The van der Waals surface area contributed by atoms with Gasteiger partial charge in [0, 0.05) is 52.3 Å². The predicted octanol–water partition coefficient (Wildman–Crippen LogP) is 2.24. The van der Waals surface area contributed by atoms with Crippen molar-refractivity contribution in [1.29, 1.82) is 0 Å². The van der Waals surface area contributed by atoms with Crippen molar-refractivity contribution in [3.8, 4) is 0 Å². The van der Waals surface area contributed by atoms with Gasteiger partial charge in [0.2, 0.25) is 5.91 Å². The minimum Gasteiger partial charge on any atom is -0.363 e. The summed E-state index contributed by atoms with van der Waals surface area (Å²) in [5.74, 6) is 1.69. The van der Waals surface area contributed by atoms with E-state index in [9.17, 15) is 9.18 Å². The molecule has 1 aromatic heterocycles. The number of carbonyl (C=O) groups is 1. The van der Waals surface area contributed by atoms with Crippen LogP contribution in [0.15, 0.2) is 30.3 Å². The Hall–Kier alpha value is -2.58. The Morgan fingerprint density at radius 2 is 1.97 bits per heavy atom. The van der Waals surface area contributed by atoms with Crippen LogP contribution in [-0.4, -0.2) is 73.5 Å². The zero-order chi connectivity index (χ0) is 22.4. The van der Waals surface area contributed by atoms with Crippen molar-refractivity contribution in [2.75, 3.05) is 52.7 Å². The molecule has 2 aromatic rings. The number of anilines is 1. The second kappa shape index (κ2) is 10.6. The summed E-state index contributed by atoms with van der Waals surface area (Å²) in [4.78, 5) is 28.4. The number of rotatable bonds is 8. The molecule has 1 saturated heterocycles. The molecule has 0 saturated carbocycles. The van der Waals surface area contributed by atoms with Crippen LogP contribution in [-0.2, 0) is 17.9 Å². The molecule has 1 N–H and O–H groups in total. The first-order chi connectivity index (χ1) is 14.9. The van der Waals surface area contributed by atoms with Gasteiger partial charge in [-0.15, -0.1) is 0 Å². The molecule has 0 aliphatic carbocycles. The second-order valence-electron chi connectivity index (χ2n) is 8.48. The molecule has 1 unspecified atom stereocenters. The summed E-state index contributed by atoms with van der Waals surface area (Å²) >= 11 is 0. The van der Waals surface area contributed by atoms with E-state index in [0.29, 0.717) is 26.2 Å². The third kappa shape index (κ3) is 6.45. The highest BCUT2D eigenvalue weighted by molar-refractivity contribution is 5.78. The van der Waals surface area contributed by atoms with Crippen LogP contribution in [0.5, 0.6) is 0 Å². The lowest BCUT2D eigenvalue weighted by Crippen LogP contribution is -2.44. The second-order valence-corrected chi connectivity index (χ2v) is 8.48. The molecule has 0 bridgehead atoms. The number of halogens is 1.